The van der Waals surface area contributed by atoms with Crippen LogP contribution < -0.4 is 16.0 Å². The van der Waals surface area contributed by atoms with Gasteiger partial charge in [-0.1, -0.05) is 0 Å². The summed E-state index contributed by atoms with van der Waals surface area (Å²) in [5.41, 5.74) is 0. The van der Waals surface area contributed by atoms with Gasteiger partial charge in [0.25, 0.3) is 0 Å². The van der Waals surface area contributed by atoms with Gasteiger partial charge in [-0.25, -0.2) is 12.7 Å². The Morgan fingerprint density at radius 1 is 1.33 bits per heavy atom. The highest BCUT2D eigenvalue weighted by atomic mass is 32.2. The minimum absolute atomic E-state index is 0.0811. The normalized spacial score (nSPS) is 25.1. The molecule has 1 aliphatic rings. The van der Waals surface area contributed by atoms with Crippen LogP contribution in [-0.4, -0.2) is 70.2 Å². The molecule has 1 heterocycles. The highest BCUT2D eigenvalue weighted by Crippen LogP contribution is 1.95. The largest absolute Gasteiger partial charge is 0.354 e. The molecule has 106 valence electrons. The smallest absolute Gasteiger partial charge is 0.238 e. The van der Waals surface area contributed by atoms with E-state index in [1.807, 2.05) is 6.92 Å². The van der Waals surface area contributed by atoms with Crippen molar-refractivity contribution in [1.82, 2.24) is 20.3 Å². The average Bonchev–Trinajstić information content (AvgIpc) is 2.29. The standard InChI is InChI=1S/C10H22N4O3S/c1-8-6-13-9(7-12-8)10(15)11-4-5-18(16,17)14(2)3/h8-9,12-13H,4-7H2,1-3H3,(H,11,15). The third-order valence-electron chi connectivity index (χ3n) is 2.87. The van der Waals surface area contributed by atoms with Gasteiger partial charge in [-0.15, -0.1) is 0 Å². The van der Waals surface area contributed by atoms with Gasteiger partial charge in [0.05, 0.1) is 11.8 Å². The van der Waals surface area contributed by atoms with Gasteiger partial charge in [0, 0.05) is 39.8 Å². The second kappa shape index (κ2) is 6.46. The molecule has 0 aromatic heterocycles. The lowest BCUT2D eigenvalue weighted by Gasteiger charge is -2.28. The van der Waals surface area contributed by atoms with E-state index in [2.05, 4.69) is 16.0 Å². The average molecular weight is 278 g/mol. The van der Waals surface area contributed by atoms with Gasteiger partial charge < -0.3 is 16.0 Å². The summed E-state index contributed by atoms with van der Waals surface area (Å²) in [5, 5.41) is 8.92. The number of nitrogens with zero attached hydrogens (tertiary/aromatic N) is 1. The van der Waals surface area contributed by atoms with Crippen LogP contribution in [-0.2, 0) is 14.8 Å². The minimum Gasteiger partial charge on any atom is -0.354 e. The van der Waals surface area contributed by atoms with Crippen LogP contribution in [0.1, 0.15) is 6.92 Å². The van der Waals surface area contributed by atoms with Crippen LogP contribution in [0.4, 0.5) is 0 Å². The first-order valence-corrected chi connectivity index (χ1v) is 7.58. The SMILES string of the molecule is CC1CNC(C(=O)NCCS(=O)(=O)N(C)C)CN1. The van der Waals surface area contributed by atoms with Gasteiger partial charge in [-0.2, -0.15) is 0 Å². The Kier molecular flexibility index (Phi) is 5.51. The third kappa shape index (κ3) is 4.52. The van der Waals surface area contributed by atoms with E-state index in [0.29, 0.717) is 12.6 Å². The number of sulfonamides is 1. The zero-order chi connectivity index (χ0) is 13.8. The number of hydrogen-bond acceptors (Lipinski definition) is 5. The van der Waals surface area contributed by atoms with Crippen LogP contribution in [0.5, 0.6) is 0 Å². The summed E-state index contributed by atoms with van der Waals surface area (Å²) in [4.78, 5) is 11.7. The molecule has 0 spiro atoms. The number of carbonyl (C=O) groups is 1. The molecule has 1 saturated heterocycles. The minimum atomic E-state index is -3.25. The summed E-state index contributed by atoms with van der Waals surface area (Å²) in [6.45, 7) is 3.46. The highest BCUT2D eigenvalue weighted by molar-refractivity contribution is 7.89. The lowest BCUT2D eigenvalue weighted by molar-refractivity contribution is -0.123. The highest BCUT2D eigenvalue weighted by Gasteiger charge is 2.23. The molecule has 2 atom stereocenters. The van der Waals surface area contributed by atoms with E-state index >= 15 is 0 Å². The molecule has 1 amide bonds. The molecule has 1 rings (SSSR count). The molecule has 0 bridgehead atoms. The van der Waals surface area contributed by atoms with Crippen molar-refractivity contribution in [1.29, 1.82) is 0 Å². The predicted octanol–water partition coefficient (Wildman–Crippen LogP) is -2.06. The van der Waals surface area contributed by atoms with Crippen LogP contribution in [0.2, 0.25) is 0 Å². The number of carbonyl (C=O) groups excluding carboxylic acids is 1. The summed E-state index contributed by atoms with van der Waals surface area (Å²) in [5.74, 6) is -0.245. The monoisotopic (exact) mass is 278 g/mol. The Hall–Kier alpha value is -0.700. The van der Waals surface area contributed by atoms with Crippen LogP contribution in [0.25, 0.3) is 0 Å². The molecule has 0 saturated carbocycles. The predicted molar refractivity (Wildman–Crippen MR) is 69.7 cm³/mol. The lowest BCUT2D eigenvalue weighted by atomic mass is 10.1. The number of rotatable bonds is 5. The molecule has 3 N–H and O–H groups in total. The third-order valence-corrected chi connectivity index (χ3v) is 4.71. The van der Waals surface area contributed by atoms with Crippen LogP contribution in [0, 0.1) is 0 Å². The summed E-state index contributed by atoms with van der Waals surface area (Å²) in [7, 11) is -0.296. The van der Waals surface area contributed by atoms with Gasteiger partial charge >= 0.3 is 0 Å². The maximum atomic E-state index is 11.7. The van der Waals surface area contributed by atoms with E-state index in [1.54, 1.807) is 0 Å². The number of hydrogen-bond donors (Lipinski definition) is 3. The topological polar surface area (TPSA) is 90.5 Å². The molecule has 0 aromatic carbocycles. The van der Waals surface area contributed by atoms with E-state index in [0.717, 1.165) is 10.8 Å². The number of amides is 1. The summed E-state index contributed by atoms with van der Waals surface area (Å²) < 4.78 is 24.1. The van der Waals surface area contributed by atoms with Crippen molar-refractivity contribution < 1.29 is 13.2 Å². The molecule has 1 aliphatic heterocycles. The molecule has 1 fully saturated rings. The molecule has 18 heavy (non-hydrogen) atoms. The first kappa shape index (κ1) is 15.4. The number of nitrogens with one attached hydrogen (secondary N) is 3. The fourth-order valence-corrected chi connectivity index (χ4v) is 2.30. The summed E-state index contributed by atoms with van der Waals surface area (Å²) in [6.07, 6.45) is 0. The van der Waals surface area contributed by atoms with Gasteiger partial charge in [-0.3, -0.25) is 4.79 Å². The molecule has 8 heteroatoms. The van der Waals surface area contributed by atoms with E-state index in [4.69, 9.17) is 0 Å². The Balaban J connectivity index is 2.30. The van der Waals surface area contributed by atoms with Crippen molar-refractivity contribution >= 4 is 15.9 Å². The van der Waals surface area contributed by atoms with Gasteiger partial charge in [-0.05, 0) is 6.92 Å². The lowest BCUT2D eigenvalue weighted by Crippen LogP contribution is -2.59. The zero-order valence-corrected chi connectivity index (χ0v) is 11.9. The first-order valence-electron chi connectivity index (χ1n) is 5.97. The molecule has 2 unspecified atom stereocenters. The van der Waals surface area contributed by atoms with Crippen molar-refractivity contribution in [2.45, 2.75) is 19.0 Å². The molecule has 0 aromatic rings. The van der Waals surface area contributed by atoms with Crippen molar-refractivity contribution in [3.8, 4) is 0 Å². The second-order valence-corrected chi connectivity index (χ2v) is 6.96. The van der Waals surface area contributed by atoms with E-state index in [-0.39, 0.29) is 24.2 Å². The Labute approximate surface area is 108 Å². The fourth-order valence-electron chi connectivity index (χ4n) is 1.58. The first-order chi connectivity index (χ1) is 8.33. The van der Waals surface area contributed by atoms with Gasteiger partial charge in [0.2, 0.25) is 15.9 Å². The van der Waals surface area contributed by atoms with Gasteiger partial charge in [0.1, 0.15) is 0 Å². The van der Waals surface area contributed by atoms with Crippen LogP contribution in [0.3, 0.4) is 0 Å². The molecule has 7 nitrogen and oxygen atoms in total. The molecular weight excluding hydrogens is 256 g/mol. The second-order valence-electron chi connectivity index (χ2n) is 4.66. The molecular formula is C10H22N4O3S. The summed E-state index contributed by atoms with van der Waals surface area (Å²) >= 11 is 0. The van der Waals surface area contributed by atoms with Crippen molar-refractivity contribution in [2.24, 2.45) is 0 Å². The Bertz CT molecular complexity index is 375. The number of piperazine rings is 1. The molecule has 0 radical (unpaired) electrons. The van der Waals surface area contributed by atoms with E-state index < -0.39 is 10.0 Å². The Morgan fingerprint density at radius 2 is 2.00 bits per heavy atom. The summed E-state index contributed by atoms with van der Waals surface area (Å²) in [6, 6.07) is 0.0615. The maximum absolute atomic E-state index is 11.7. The maximum Gasteiger partial charge on any atom is 0.238 e. The van der Waals surface area contributed by atoms with Gasteiger partial charge in [0.15, 0.2) is 0 Å². The quantitative estimate of drug-likeness (QED) is 0.538. The van der Waals surface area contributed by atoms with Crippen molar-refractivity contribution in [2.75, 3.05) is 39.5 Å². The zero-order valence-electron chi connectivity index (χ0n) is 11.1. The fraction of sp³-hybridized carbons (Fsp3) is 0.900. The van der Waals surface area contributed by atoms with E-state index in [1.165, 1.54) is 14.1 Å². The van der Waals surface area contributed by atoms with Crippen LogP contribution >= 0.6 is 0 Å². The van der Waals surface area contributed by atoms with E-state index in [9.17, 15) is 13.2 Å². The van der Waals surface area contributed by atoms with Crippen LogP contribution in [0.15, 0.2) is 0 Å². The Morgan fingerprint density at radius 3 is 2.50 bits per heavy atom. The molecule has 0 aliphatic carbocycles. The van der Waals surface area contributed by atoms with Crippen molar-refractivity contribution in [3.63, 3.8) is 0 Å². The van der Waals surface area contributed by atoms with Crippen molar-refractivity contribution in [3.05, 3.63) is 0 Å².